The summed E-state index contributed by atoms with van der Waals surface area (Å²) in [6.45, 7) is 7.45. The van der Waals surface area contributed by atoms with E-state index in [1.54, 1.807) is 24.3 Å². The van der Waals surface area contributed by atoms with E-state index < -0.39 is 0 Å². The zero-order valence-corrected chi connectivity index (χ0v) is 13.6. The number of nitrogens with zero attached hydrogens (tertiary/aromatic N) is 3. The van der Waals surface area contributed by atoms with Crippen molar-refractivity contribution in [3.8, 4) is 6.07 Å². The third-order valence-electron chi connectivity index (χ3n) is 3.51. The lowest BCUT2D eigenvalue weighted by atomic mass is 9.97. The molecule has 1 heterocycles. The number of nitrogens with two attached hydrogens (primary N) is 1. The fourth-order valence-electron chi connectivity index (χ4n) is 2.23. The molecule has 1 atom stereocenters. The number of halogens is 1. The number of rotatable bonds is 7. The second-order valence-corrected chi connectivity index (χ2v) is 5.31. The van der Waals surface area contributed by atoms with E-state index in [4.69, 9.17) is 11.0 Å². The number of hydrogen-bond acceptors (Lipinski definition) is 5. The summed E-state index contributed by atoms with van der Waals surface area (Å²) in [7, 11) is 0. The van der Waals surface area contributed by atoms with Crippen LogP contribution in [-0.4, -0.2) is 9.97 Å². The Balaban J connectivity index is 2.32. The molecular weight excluding hydrogens is 317 g/mol. The van der Waals surface area contributed by atoms with Crippen molar-refractivity contribution in [2.75, 3.05) is 5.32 Å². The Hall–Kier alpha value is -3.46. The van der Waals surface area contributed by atoms with E-state index in [1.807, 2.05) is 6.07 Å². The van der Waals surface area contributed by atoms with Crippen molar-refractivity contribution < 1.29 is 4.39 Å². The molecule has 0 aliphatic heterocycles. The van der Waals surface area contributed by atoms with Gasteiger partial charge in [-0.2, -0.15) is 5.26 Å². The predicted molar refractivity (Wildman–Crippen MR) is 95.7 cm³/mol. The first kappa shape index (κ1) is 17.9. The van der Waals surface area contributed by atoms with Crippen molar-refractivity contribution in [1.82, 2.24) is 9.97 Å². The smallest absolute Gasteiger partial charge is 0.223 e. The Labute approximate surface area is 146 Å². The van der Waals surface area contributed by atoms with Gasteiger partial charge in [0.05, 0.1) is 24.0 Å². The Morgan fingerprint density at radius 2 is 1.96 bits per heavy atom. The highest BCUT2D eigenvalue weighted by molar-refractivity contribution is 5.38. The van der Waals surface area contributed by atoms with Gasteiger partial charge in [-0.05, 0) is 29.7 Å². The third-order valence-corrected chi connectivity index (χ3v) is 3.51. The van der Waals surface area contributed by atoms with Crippen LogP contribution in [0.15, 0.2) is 73.2 Å². The normalized spacial score (nSPS) is 12.1. The van der Waals surface area contributed by atoms with Gasteiger partial charge in [-0.15, -0.1) is 0 Å². The number of hydrogen-bond donors (Lipinski definition) is 2. The minimum Gasteiger partial charge on any atom is -0.399 e. The summed E-state index contributed by atoms with van der Waals surface area (Å²) in [6.07, 6.45) is 6.75. The zero-order valence-electron chi connectivity index (χ0n) is 13.6. The summed E-state index contributed by atoms with van der Waals surface area (Å²) < 4.78 is 13.2. The monoisotopic (exact) mass is 335 g/mol. The molecule has 6 heteroatoms. The van der Waals surface area contributed by atoms with Gasteiger partial charge in [0.2, 0.25) is 5.95 Å². The quantitative estimate of drug-likeness (QED) is 0.755. The zero-order chi connectivity index (χ0) is 18.2. The van der Waals surface area contributed by atoms with Gasteiger partial charge in [0.15, 0.2) is 0 Å². The van der Waals surface area contributed by atoms with Gasteiger partial charge >= 0.3 is 0 Å². The highest BCUT2D eigenvalue weighted by Crippen LogP contribution is 2.26. The molecule has 0 amide bonds. The molecule has 0 aliphatic carbocycles. The molecular formula is C19H18FN5. The van der Waals surface area contributed by atoms with Crippen molar-refractivity contribution >= 4 is 5.95 Å². The maximum Gasteiger partial charge on any atom is 0.223 e. The summed E-state index contributed by atoms with van der Waals surface area (Å²) in [4.78, 5) is 8.24. The number of benzene rings is 1. The molecule has 0 aliphatic rings. The molecule has 1 aromatic carbocycles. The average molecular weight is 335 g/mol. The minimum absolute atomic E-state index is 0.264. The SMILES string of the molecule is C=C/C=C(/CC(Nc1ncc(C#N)cn1)c1ccc(F)cc1)C(=C)N. The molecule has 2 aromatic rings. The van der Waals surface area contributed by atoms with E-state index in [0.717, 1.165) is 11.1 Å². The second-order valence-electron chi connectivity index (χ2n) is 5.31. The first-order chi connectivity index (χ1) is 12.0. The van der Waals surface area contributed by atoms with Crippen LogP contribution in [0, 0.1) is 17.1 Å². The molecule has 0 spiro atoms. The Bertz CT molecular complexity index is 816. The second kappa shape index (κ2) is 8.41. The lowest BCUT2D eigenvalue weighted by Crippen LogP contribution is -2.15. The number of allylic oxidation sites excluding steroid dienone is 3. The molecule has 3 N–H and O–H groups in total. The van der Waals surface area contributed by atoms with Crippen LogP contribution >= 0.6 is 0 Å². The number of aromatic nitrogens is 2. The Morgan fingerprint density at radius 1 is 1.32 bits per heavy atom. The first-order valence-electron chi connectivity index (χ1n) is 7.54. The van der Waals surface area contributed by atoms with E-state index in [-0.39, 0.29) is 11.9 Å². The molecule has 126 valence electrons. The van der Waals surface area contributed by atoms with Crippen molar-refractivity contribution in [1.29, 1.82) is 5.26 Å². The van der Waals surface area contributed by atoms with Crippen LogP contribution < -0.4 is 11.1 Å². The largest absolute Gasteiger partial charge is 0.399 e. The molecule has 5 nitrogen and oxygen atoms in total. The van der Waals surface area contributed by atoms with Gasteiger partial charge in [-0.1, -0.05) is 37.4 Å². The van der Waals surface area contributed by atoms with Crippen molar-refractivity contribution in [2.24, 2.45) is 5.73 Å². The summed E-state index contributed by atoms with van der Waals surface area (Å²) in [6, 6.07) is 7.84. The van der Waals surface area contributed by atoms with Crippen LogP contribution in [0.3, 0.4) is 0 Å². The summed E-state index contributed by atoms with van der Waals surface area (Å²) in [5.41, 5.74) is 8.27. The lowest BCUT2D eigenvalue weighted by Gasteiger charge is -2.21. The van der Waals surface area contributed by atoms with Crippen LogP contribution in [0.2, 0.25) is 0 Å². The molecule has 0 fully saturated rings. The summed E-state index contributed by atoms with van der Waals surface area (Å²) >= 11 is 0. The van der Waals surface area contributed by atoms with E-state index in [9.17, 15) is 4.39 Å². The van der Waals surface area contributed by atoms with Crippen molar-refractivity contribution in [3.63, 3.8) is 0 Å². The molecule has 1 aromatic heterocycles. The van der Waals surface area contributed by atoms with Crippen LogP contribution in [0.4, 0.5) is 10.3 Å². The van der Waals surface area contributed by atoms with Gasteiger partial charge < -0.3 is 11.1 Å². The van der Waals surface area contributed by atoms with E-state index in [0.29, 0.717) is 23.6 Å². The lowest BCUT2D eigenvalue weighted by molar-refractivity contribution is 0.625. The van der Waals surface area contributed by atoms with Gasteiger partial charge in [0.25, 0.3) is 0 Å². The Kier molecular flexibility index (Phi) is 6.02. The van der Waals surface area contributed by atoms with Crippen molar-refractivity contribution in [2.45, 2.75) is 12.5 Å². The average Bonchev–Trinajstić information content (AvgIpc) is 2.61. The molecule has 0 radical (unpaired) electrons. The van der Waals surface area contributed by atoms with Gasteiger partial charge in [0, 0.05) is 5.70 Å². The summed E-state index contributed by atoms with van der Waals surface area (Å²) in [5, 5.41) is 12.0. The van der Waals surface area contributed by atoms with Crippen LogP contribution in [0.5, 0.6) is 0 Å². The third kappa shape index (κ3) is 5.01. The van der Waals surface area contributed by atoms with Crippen LogP contribution in [0.1, 0.15) is 23.6 Å². The highest BCUT2D eigenvalue weighted by Gasteiger charge is 2.16. The summed E-state index contributed by atoms with van der Waals surface area (Å²) in [5.74, 6) is 0.0381. The maximum atomic E-state index is 13.2. The molecule has 2 rings (SSSR count). The standard InChI is InChI=1S/C19H18FN5/c1-3-4-16(13(2)22)9-18(15-5-7-17(20)8-6-15)25-19-23-11-14(10-21)12-24-19/h3-8,11-12,18H,1-2,9,22H2,(H,23,24,25)/b16-4-. The van der Waals surface area contributed by atoms with E-state index in [2.05, 4.69) is 28.4 Å². The fourth-order valence-corrected chi connectivity index (χ4v) is 2.23. The van der Waals surface area contributed by atoms with Crippen LogP contribution in [-0.2, 0) is 0 Å². The topological polar surface area (TPSA) is 87.6 Å². The molecule has 25 heavy (non-hydrogen) atoms. The Morgan fingerprint density at radius 3 is 2.48 bits per heavy atom. The molecule has 1 unspecified atom stereocenters. The predicted octanol–water partition coefficient (Wildman–Crippen LogP) is 3.62. The molecule has 0 saturated heterocycles. The van der Waals surface area contributed by atoms with Crippen molar-refractivity contribution in [3.05, 3.63) is 90.2 Å². The van der Waals surface area contributed by atoms with Gasteiger partial charge in [-0.3, -0.25) is 0 Å². The van der Waals surface area contributed by atoms with Gasteiger partial charge in [0.1, 0.15) is 11.9 Å². The number of nitriles is 1. The maximum absolute atomic E-state index is 13.2. The first-order valence-corrected chi connectivity index (χ1v) is 7.54. The van der Waals surface area contributed by atoms with E-state index in [1.165, 1.54) is 24.5 Å². The molecule has 0 bridgehead atoms. The van der Waals surface area contributed by atoms with E-state index >= 15 is 0 Å². The van der Waals surface area contributed by atoms with Crippen LogP contribution in [0.25, 0.3) is 0 Å². The minimum atomic E-state index is -0.317. The fraction of sp³-hybridized carbons (Fsp3) is 0.105. The highest BCUT2D eigenvalue weighted by atomic mass is 19.1. The molecule has 0 saturated carbocycles. The number of nitrogens with one attached hydrogen (secondary N) is 1. The van der Waals surface area contributed by atoms with Gasteiger partial charge in [-0.25, -0.2) is 14.4 Å². The number of anilines is 1.